The molecule has 0 unspecified atom stereocenters. The number of nitrogens with one attached hydrogen (secondary N) is 1. The normalized spacial score (nSPS) is 11.6. The summed E-state index contributed by atoms with van der Waals surface area (Å²) in [5.74, 6) is 1.74. The molecule has 7 nitrogen and oxygen atoms in total. The summed E-state index contributed by atoms with van der Waals surface area (Å²) >= 11 is 0. The van der Waals surface area contributed by atoms with E-state index in [0.29, 0.717) is 24.2 Å². The molecule has 0 saturated carbocycles. The molecule has 0 saturated heterocycles. The molecule has 2 heterocycles. The summed E-state index contributed by atoms with van der Waals surface area (Å²) in [6.45, 7) is 10.2. The van der Waals surface area contributed by atoms with Crippen LogP contribution in [0.4, 0.5) is 0 Å². The predicted molar refractivity (Wildman–Crippen MR) is 135 cm³/mol. The van der Waals surface area contributed by atoms with Crippen molar-refractivity contribution in [3.8, 4) is 22.5 Å². The minimum atomic E-state index is 0.0888. The van der Waals surface area contributed by atoms with Gasteiger partial charge in [0, 0.05) is 24.0 Å². The maximum atomic E-state index is 13.2. The van der Waals surface area contributed by atoms with Crippen molar-refractivity contribution < 1.29 is 0 Å². The molecule has 4 aromatic rings. The van der Waals surface area contributed by atoms with E-state index >= 15 is 0 Å². The summed E-state index contributed by atoms with van der Waals surface area (Å²) in [6.07, 6.45) is 5.06. The molecular formula is C27H34N6O. The Morgan fingerprint density at radius 2 is 1.62 bits per heavy atom. The van der Waals surface area contributed by atoms with Crippen LogP contribution in [0, 0.1) is 11.8 Å². The fraction of sp³-hybridized carbons (Fsp3) is 0.407. The molecule has 1 N–H and O–H groups in total. The van der Waals surface area contributed by atoms with E-state index in [2.05, 4.69) is 84.8 Å². The molecule has 4 rings (SSSR count). The highest BCUT2D eigenvalue weighted by Crippen LogP contribution is 2.29. The summed E-state index contributed by atoms with van der Waals surface area (Å²) < 4.78 is 3.84. The predicted octanol–water partition coefficient (Wildman–Crippen LogP) is 5.18. The second-order valence-corrected chi connectivity index (χ2v) is 9.78. The number of aryl methyl sites for hydroxylation is 2. The van der Waals surface area contributed by atoms with E-state index in [0.717, 1.165) is 53.8 Å². The van der Waals surface area contributed by atoms with Crippen LogP contribution in [0.25, 0.3) is 22.5 Å². The lowest BCUT2D eigenvalue weighted by molar-refractivity contribution is 0.502. The van der Waals surface area contributed by atoms with Gasteiger partial charge in [0.1, 0.15) is 0 Å². The topological polar surface area (TPSA) is 81.4 Å². The number of benzene rings is 2. The zero-order chi connectivity index (χ0) is 24.1. The second-order valence-electron chi connectivity index (χ2n) is 9.78. The smallest absolute Gasteiger partial charge is 0.299 e. The van der Waals surface area contributed by atoms with E-state index in [9.17, 15) is 4.79 Å². The molecule has 0 amide bonds. The Morgan fingerprint density at radius 1 is 0.912 bits per heavy atom. The summed E-state index contributed by atoms with van der Waals surface area (Å²) in [6, 6.07) is 16.4. The number of tetrazole rings is 1. The second kappa shape index (κ2) is 10.6. The first kappa shape index (κ1) is 23.7. The number of H-pyrrole nitrogens is 1. The van der Waals surface area contributed by atoms with Gasteiger partial charge in [-0.3, -0.25) is 9.13 Å². The van der Waals surface area contributed by atoms with Crippen LogP contribution in [0.15, 0.2) is 59.5 Å². The molecule has 34 heavy (non-hydrogen) atoms. The third-order valence-electron chi connectivity index (χ3n) is 6.17. The third kappa shape index (κ3) is 5.53. The fourth-order valence-corrected chi connectivity index (χ4v) is 4.12. The van der Waals surface area contributed by atoms with Crippen LogP contribution in [0.2, 0.25) is 0 Å². The van der Waals surface area contributed by atoms with Gasteiger partial charge in [0.25, 0.3) is 0 Å². The number of imidazole rings is 1. The maximum Gasteiger partial charge on any atom is 0.328 e. The number of aromatic amines is 1. The summed E-state index contributed by atoms with van der Waals surface area (Å²) in [7, 11) is 0. The zero-order valence-electron chi connectivity index (χ0n) is 20.5. The van der Waals surface area contributed by atoms with Crippen molar-refractivity contribution in [3.63, 3.8) is 0 Å². The van der Waals surface area contributed by atoms with Gasteiger partial charge in [-0.05, 0) is 53.0 Å². The number of aromatic nitrogens is 6. The van der Waals surface area contributed by atoms with Crippen LogP contribution < -0.4 is 5.69 Å². The first-order chi connectivity index (χ1) is 16.4. The van der Waals surface area contributed by atoms with Gasteiger partial charge < -0.3 is 0 Å². The van der Waals surface area contributed by atoms with E-state index in [1.807, 2.05) is 27.3 Å². The van der Waals surface area contributed by atoms with Gasteiger partial charge in [0.15, 0.2) is 0 Å². The summed E-state index contributed by atoms with van der Waals surface area (Å²) in [5.41, 5.74) is 5.37. The van der Waals surface area contributed by atoms with Crippen LogP contribution in [0.5, 0.6) is 0 Å². The van der Waals surface area contributed by atoms with Crippen LogP contribution in [-0.2, 0) is 19.5 Å². The molecule has 0 radical (unpaired) electrons. The van der Waals surface area contributed by atoms with Crippen LogP contribution in [0.1, 0.15) is 51.8 Å². The lowest BCUT2D eigenvalue weighted by Crippen LogP contribution is -2.26. The fourth-order valence-electron chi connectivity index (χ4n) is 4.12. The van der Waals surface area contributed by atoms with E-state index in [1.54, 1.807) is 0 Å². The van der Waals surface area contributed by atoms with Crippen molar-refractivity contribution in [3.05, 3.63) is 76.5 Å². The van der Waals surface area contributed by atoms with Gasteiger partial charge in [-0.2, -0.15) is 5.21 Å². The van der Waals surface area contributed by atoms with Gasteiger partial charge in [-0.25, -0.2) is 4.79 Å². The molecule has 2 aromatic carbocycles. The Bertz CT molecular complexity index is 1250. The van der Waals surface area contributed by atoms with Gasteiger partial charge >= 0.3 is 5.69 Å². The molecule has 0 atom stereocenters. The van der Waals surface area contributed by atoms with Crippen molar-refractivity contribution in [2.75, 3.05) is 0 Å². The Balaban J connectivity index is 1.60. The Hall–Kier alpha value is -3.48. The average molecular weight is 459 g/mol. The Labute approximate surface area is 200 Å². The molecule has 178 valence electrons. The van der Waals surface area contributed by atoms with Gasteiger partial charge in [-0.15, -0.1) is 10.2 Å². The SMILES string of the molecule is CC(C)CCc1cn(CCC(C)C)c(=O)n1Cc1ccc(-c2ccccc2-c2nn[nH]n2)cc1. The van der Waals surface area contributed by atoms with Gasteiger partial charge in [-0.1, -0.05) is 76.2 Å². The molecule has 0 aliphatic rings. The van der Waals surface area contributed by atoms with E-state index in [4.69, 9.17) is 0 Å². The first-order valence-electron chi connectivity index (χ1n) is 12.1. The van der Waals surface area contributed by atoms with Gasteiger partial charge in [0.05, 0.1) is 6.54 Å². The van der Waals surface area contributed by atoms with Crippen molar-refractivity contribution in [1.29, 1.82) is 0 Å². The van der Waals surface area contributed by atoms with Crippen LogP contribution >= 0.6 is 0 Å². The van der Waals surface area contributed by atoms with E-state index in [-0.39, 0.29) is 5.69 Å². The number of hydrogen-bond donors (Lipinski definition) is 1. The van der Waals surface area contributed by atoms with Crippen LogP contribution in [0.3, 0.4) is 0 Å². The van der Waals surface area contributed by atoms with Crippen LogP contribution in [-0.4, -0.2) is 29.8 Å². The minimum absolute atomic E-state index is 0.0888. The lowest BCUT2D eigenvalue weighted by atomic mass is 9.98. The minimum Gasteiger partial charge on any atom is -0.299 e. The van der Waals surface area contributed by atoms with E-state index in [1.165, 1.54) is 0 Å². The number of nitrogens with zero attached hydrogens (tertiary/aromatic N) is 5. The van der Waals surface area contributed by atoms with Gasteiger partial charge in [0.2, 0.25) is 5.82 Å². The molecule has 0 spiro atoms. The molecule has 0 fully saturated rings. The summed E-state index contributed by atoms with van der Waals surface area (Å²) in [4.78, 5) is 13.2. The average Bonchev–Trinajstić information content (AvgIpc) is 3.46. The van der Waals surface area contributed by atoms with Crippen molar-refractivity contribution in [1.82, 2.24) is 29.8 Å². The van der Waals surface area contributed by atoms with Crippen molar-refractivity contribution in [2.24, 2.45) is 11.8 Å². The molecular weight excluding hydrogens is 424 g/mol. The highest BCUT2D eigenvalue weighted by Gasteiger charge is 2.14. The quantitative estimate of drug-likeness (QED) is 0.355. The van der Waals surface area contributed by atoms with Crippen molar-refractivity contribution >= 4 is 0 Å². The first-order valence-corrected chi connectivity index (χ1v) is 12.1. The number of hydrogen-bond acceptors (Lipinski definition) is 4. The number of rotatable bonds is 10. The molecule has 7 heteroatoms. The highest BCUT2D eigenvalue weighted by molar-refractivity contribution is 5.80. The molecule has 0 aliphatic carbocycles. The maximum absolute atomic E-state index is 13.2. The largest absolute Gasteiger partial charge is 0.328 e. The summed E-state index contributed by atoms with van der Waals surface area (Å²) in [5, 5.41) is 14.5. The standard InChI is InChI=1S/C27H34N6O/c1-19(2)9-14-23-18-32(16-15-20(3)4)27(34)33(23)17-21-10-12-22(13-11-21)24-7-5-6-8-25(24)26-28-30-31-29-26/h5-8,10-13,18-20H,9,14-17H2,1-4H3,(H,28,29,30,31). The Morgan fingerprint density at radius 3 is 2.26 bits per heavy atom. The molecule has 0 aliphatic heterocycles. The third-order valence-corrected chi connectivity index (χ3v) is 6.17. The monoisotopic (exact) mass is 458 g/mol. The van der Waals surface area contributed by atoms with Crippen molar-refractivity contribution in [2.45, 2.75) is 60.0 Å². The Kier molecular flexibility index (Phi) is 7.40. The molecule has 2 aromatic heterocycles. The zero-order valence-corrected chi connectivity index (χ0v) is 20.5. The lowest BCUT2D eigenvalue weighted by Gasteiger charge is -2.11. The van der Waals surface area contributed by atoms with E-state index < -0.39 is 0 Å². The molecule has 0 bridgehead atoms. The highest BCUT2D eigenvalue weighted by atomic mass is 16.1.